The van der Waals surface area contributed by atoms with Crippen LogP contribution in [0.5, 0.6) is 0 Å². The van der Waals surface area contributed by atoms with Gasteiger partial charge >= 0.3 is 0 Å². The van der Waals surface area contributed by atoms with Crippen molar-refractivity contribution in [3.05, 3.63) is 64.1 Å². The van der Waals surface area contributed by atoms with Gasteiger partial charge in [0.25, 0.3) is 11.8 Å². The summed E-state index contributed by atoms with van der Waals surface area (Å²) in [4.78, 5) is 38.8. The molecule has 10 heteroatoms. The van der Waals surface area contributed by atoms with Crippen LogP contribution >= 0.6 is 35.4 Å². The molecule has 3 rings (SSSR count). The van der Waals surface area contributed by atoms with E-state index in [2.05, 4.69) is 10.7 Å². The van der Waals surface area contributed by atoms with E-state index >= 15 is 0 Å². The van der Waals surface area contributed by atoms with Crippen LogP contribution in [-0.2, 0) is 9.59 Å². The summed E-state index contributed by atoms with van der Waals surface area (Å²) in [6.07, 6.45) is -0.202. The third-order valence-corrected chi connectivity index (χ3v) is 5.27. The quantitative estimate of drug-likeness (QED) is 0.683. The van der Waals surface area contributed by atoms with Crippen LogP contribution in [0.2, 0.25) is 10.0 Å². The van der Waals surface area contributed by atoms with E-state index < -0.39 is 23.8 Å². The molecule has 0 radical (unpaired) electrons. The summed E-state index contributed by atoms with van der Waals surface area (Å²) < 4.78 is 0. The maximum absolute atomic E-state index is 12.6. The highest BCUT2D eigenvalue weighted by Gasteiger charge is 2.42. The van der Waals surface area contributed by atoms with E-state index in [0.29, 0.717) is 10.7 Å². The van der Waals surface area contributed by atoms with Crippen molar-refractivity contribution in [3.8, 4) is 0 Å². The smallest absolute Gasteiger partial charge is 0.271 e. The van der Waals surface area contributed by atoms with Gasteiger partial charge in [0, 0.05) is 17.8 Å². The van der Waals surface area contributed by atoms with Crippen molar-refractivity contribution in [1.29, 1.82) is 0 Å². The molecule has 150 valence electrons. The lowest BCUT2D eigenvalue weighted by molar-refractivity contribution is -0.130. The summed E-state index contributed by atoms with van der Waals surface area (Å²) in [6, 6.07) is 12.3. The van der Waals surface area contributed by atoms with Crippen molar-refractivity contribution in [2.24, 2.45) is 0 Å². The van der Waals surface area contributed by atoms with Gasteiger partial charge in [-0.05, 0) is 42.5 Å². The zero-order valence-electron chi connectivity index (χ0n) is 15.2. The number of anilines is 1. The van der Waals surface area contributed by atoms with E-state index in [9.17, 15) is 14.4 Å². The molecule has 1 unspecified atom stereocenters. The summed E-state index contributed by atoms with van der Waals surface area (Å²) in [6.45, 7) is 0. The molecule has 1 saturated heterocycles. The predicted octanol–water partition coefficient (Wildman–Crippen LogP) is 3.09. The zero-order valence-corrected chi connectivity index (χ0v) is 17.5. The highest BCUT2D eigenvalue weighted by Crippen LogP contribution is 2.23. The summed E-state index contributed by atoms with van der Waals surface area (Å²) in [5.41, 5.74) is 3.33. The third kappa shape index (κ3) is 4.67. The Morgan fingerprint density at radius 2 is 1.83 bits per heavy atom. The van der Waals surface area contributed by atoms with E-state index in [4.69, 9.17) is 35.4 Å². The first kappa shape index (κ1) is 21.0. The SMILES string of the molecule is CN1C(=O)C(CC(=O)Nc2ccccc2)N(NC(=O)c2ccc(Cl)cc2Cl)C1=S. The normalized spacial score (nSPS) is 16.2. The van der Waals surface area contributed by atoms with E-state index in [0.717, 1.165) is 0 Å². The fourth-order valence-corrected chi connectivity index (χ4v) is 3.54. The van der Waals surface area contributed by atoms with Gasteiger partial charge in [-0.3, -0.25) is 24.7 Å². The first-order valence-electron chi connectivity index (χ1n) is 8.49. The van der Waals surface area contributed by atoms with E-state index in [1.54, 1.807) is 24.3 Å². The standard InChI is InChI=1S/C19H16Cl2N4O3S/c1-24-18(28)15(10-16(26)22-12-5-3-2-4-6-12)25(19(24)29)23-17(27)13-8-7-11(20)9-14(13)21/h2-9,15H,10H2,1H3,(H,22,26)(H,23,27). The van der Waals surface area contributed by atoms with Crippen LogP contribution in [0.4, 0.5) is 5.69 Å². The second-order valence-corrected chi connectivity index (χ2v) is 7.46. The molecule has 2 aromatic rings. The number of halogens is 2. The molecule has 0 spiro atoms. The first-order chi connectivity index (χ1) is 13.8. The minimum absolute atomic E-state index is 0.0750. The molecule has 0 bridgehead atoms. The van der Waals surface area contributed by atoms with Crippen molar-refractivity contribution in [3.63, 3.8) is 0 Å². The Balaban J connectivity index is 1.76. The van der Waals surface area contributed by atoms with Crippen molar-refractivity contribution < 1.29 is 14.4 Å². The van der Waals surface area contributed by atoms with E-state index in [1.807, 2.05) is 6.07 Å². The number of carbonyl (C=O) groups is 3. The van der Waals surface area contributed by atoms with Gasteiger partial charge in [-0.2, -0.15) is 0 Å². The van der Waals surface area contributed by atoms with Crippen LogP contribution in [0.25, 0.3) is 0 Å². The highest BCUT2D eigenvalue weighted by molar-refractivity contribution is 7.80. The van der Waals surface area contributed by atoms with Crippen molar-refractivity contribution in [2.75, 3.05) is 12.4 Å². The number of hydrogen-bond donors (Lipinski definition) is 2. The molecule has 2 N–H and O–H groups in total. The van der Waals surface area contributed by atoms with Crippen LogP contribution in [-0.4, -0.2) is 45.8 Å². The fourth-order valence-electron chi connectivity index (χ4n) is 2.78. The van der Waals surface area contributed by atoms with Crippen molar-refractivity contribution >= 4 is 63.9 Å². The Labute approximate surface area is 182 Å². The van der Waals surface area contributed by atoms with Gasteiger partial charge in [-0.1, -0.05) is 41.4 Å². The van der Waals surface area contributed by atoms with Gasteiger partial charge in [-0.25, -0.2) is 5.01 Å². The number of amides is 3. The molecule has 1 aliphatic rings. The summed E-state index contributed by atoms with van der Waals surface area (Å²) in [5, 5.41) is 4.52. The second kappa shape index (κ2) is 8.77. The Morgan fingerprint density at radius 3 is 2.48 bits per heavy atom. The maximum Gasteiger partial charge on any atom is 0.271 e. The Morgan fingerprint density at radius 1 is 1.14 bits per heavy atom. The van der Waals surface area contributed by atoms with Crippen LogP contribution < -0.4 is 10.7 Å². The number of carbonyl (C=O) groups excluding carboxylic acids is 3. The molecule has 0 aromatic heterocycles. The number of thiocarbonyl (C=S) groups is 1. The monoisotopic (exact) mass is 450 g/mol. The first-order valence-corrected chi connectivity index (χ1v) is 9.66. The number of likely N-dealkylation sites (N-methyl/N-ethyl adjacent to an activating group) is 1. The molecule has 7 nitrogen and oxygen atoms in total. The number of hydrogen-bond acceptors (Lipinski definition) is 4. The van der Waals surface area contributed by atoms with Crippen molar-refractivity contribution in [1.82, 2.24) is 15.3 Å². The lowest BCUT2D eigenvalue weighted by atomic mass is 10.2. The van der Waals surface area contributed by atoms with Gasteiger partial charge < -0.3 is 5.32 Å². The summed E-state index contributed by atoms with van der Waals surface area (Å²) in [5.74, 6) is -1.37. The molecule has 3 amide bonds. The largest absolute Gasteiger partial charge is 0.326 e. The highest BCUT2D eigenvalue weighted by atomic mass is 35.5. The third-order valence-electron chi connectivity index (χ3n) is 4.25. The molecule has 0 aliphatic carbocycles. The number of rotatable bonds is 5. The Bertz CT molecular complexity index is 987. The molecule has 1 atom stereocenters. The molecule has 2 aromatic carbocycles. The van der Waals surface area contributed by atoms with Gasteiger partial charge in [0.05, 0.1) is 17.0 Å². The fraction of sp³-hybridized carbons (Fsp3) is 0.158. The number of benzene rings is 2. The lowest BCUT2D eigenvalue weighted by Crippen LogP contribution is -2.49. The van der Waals surface area contributed by atoms with Crippen LogP contribution in [0.1, 0.15) is 16.8 Å². The molecular weight excluding hydrogens is 435 g/mol. The molecule has 0 saturated carbocycles. The van der Waals surface area contributed by atoms with E-state index in [-0.39, 0.29) is 22.1 Å². The van der Waals surface area contributed by atoms with Crippen molar-refractivity contribution in [2.45, 2.75) is 12.5 Å². The van der Waals surface area contributed by atoms with E-state index in [1.165, 1.54) is 35.2 Å². The molecular formula is C19H16Cl2N4O3S. The zero-order chi connectivity index (χ0) is 21.1. The molecule has 1 aliphatic heterocycles. The van der Waals surface area contributed by atoms with Crippen LogP contribution in [0.3, 0.4) is 0 Å². The number of nitrogens with one attached hydrogen (secondary N) is 2. The summed E-state index contributed by atoms with van der Waals surface area (Å²) >= 11 is 17.2. The topological polar surface area (TPSA) is 81.8 Å². The van der Waals surface area contributed by atoms with Crippen LogP contribution in [0, 0.1) is 0 Å². The number of nitrogens with zero attached hydrogens (tertiary/aromatic N) is 2. The molecule has 29 heavy (non-hydrogen) atoms. The van der Waals surface area contributed by atoms with Gasteiger partial charge in [0.2, 0.25) is 5.91 Å². The number of para-hydroxylation sites is 1. The lowest BCUT2D eigenvalue weighted by Gasteiger charge is -2.24. The minimum Gasteiger partial charge on any atom is -0.326 e. The predicted molar refractivity (Wildman–Crippen MR) is 115 cm³/mol. The number of hydrazine groups is 1. The average Bonchev–Trinajstić information content (AvgIpc) is 2.87. The minimum atomic E-state index is -0.980. The average molecular weight is 451 g/mol. The molecule has 1 heterocycles. The van der Waals surface area contributed by atoms with Gasteiger partial charge in [0.15, 0.2) is 5.11 Å². The van der Waals surface area contributed by atoms with Gasteiger partial charge in [-0.15, -0.1) is 0 Å². The van der Waals surface area contributed by atoms with Gasteiger partial charge in [0.1, 0.15) is 6.04 Å². The second-order valence-electron chi connectivity index (χ2n) is 6.25. The summed E-state index contributed by atoms with van der Waals surface area (Å²) in [7, 11) is 1.48. The maximum atomic E-state index is 12.6. The van der Waals surface area contributed by atoms with Crippen LogP contribution in [0.15, 0.2) is 48.5 Å². The molecule has 1 fully saturated rings. The Kier molecular flexibility index (Phi) is 6.36. The Hall–Kier alpha value is -2.68.